The van der Waals surface area contributed by atoms with Crippen molar-refractivity contribution in [3.8, 4) is 0 Å². The van der Waals surface area contributed by atoms with Crippen LogP contribution in [0.15, 0.2) is 30.3 Å². The van der Waals surface area contributed by atoms with Gasteiger partial charge in [-0.3, -0.25) is 4.90 Å². The molecular formula is C19H30N2O2. The Morgan fingerprint density at radius 1 is 1.22 bits per heavy atom. The van der Waals surface area contributed by atoms with Crippen molar-refractivity contribution >= 4 is 6.09 Å². The third kappa shape index (κ3) is 5.24. The average Bonchev–Trinajstić information content (AvgIpc) is 2.46. The zero-order valence-corrected chi connectivity index (χ0v) is 15.1. The van der Waals surface area contributed by atoms with Gasteiger partial charge in [-0.15, -0.1) is 0 Å². The van der Waals surface area contributed by atoms with E-state index >= 15 is 0 Å². The van der Waals surface area contributed by atoms with Gasteiger partial charge in [0.15, 0.2) is 0 Å². The van der Waals surface area contributed by atoms with Gasteiger partial charge in [-0.05, 0) is 32.3 Å². The van der Waals surface area contributed by atoms with Gasteiger partial charge in [-0.1, -0.05) is 44.2 Å². The second kappa shape index (κ2) is 7.35. The molecule has 128 valence electrons. The molecule has 1 aromatic carbocycles. The van der Waals surface area contributed by atoms with Crippen molar-refractivity contribution in [2.75, 3.05) is 19.6 Å². The van der Waals surface area contributed by atoms with E-state index in [2.05, 4.69) is 43.0 Å². The number of nitrogens with zero attached hydrogens (tertiary/aromatic N) is 2. The summed E-state index contributed by atoms with van der Waals surface area (Å²) >= 11 is 0. The fraction of sp³-hybridized carbons (Fsp3) is 0.632. The van der Waals surface area contributed by atoms with Crippen LogP contribution in [0.4, 0.5) is 4.79 Å². The average molecular weight is 318 g/mol. The molecule has 1 atom stereocenters. The summed E-state index contributed by atoms with van der Waals surface area (Å²) in [4.78, 5) is 16.8. The zero-order valence-electron chi connectivity index (χ0n) is 15.1. The molecule has 23 heavy (non-hydrogen) atoms. The van der Waals surface area contributed by atoms with Crippen molar-refractivity contribution in [1.29, 1.82) is 0 Å². The number of amides is 1. The van der Waals surface area contributed by atoms with E-state index in [1.54, 1.807) is 0 Å². The zero-order chi connectivity index (χ0) is 17.0. The highest BCUT2D eigenvalue weighted by Crippen LogP contribution is 2.21. The van der Waals surface area contributed by atoms with E-state index < -0.39 is 5.60 Å². The number of carbonyl (C=O) groups excluding carboxylic acids is 1. The van der Waals surface area contributed by atoms with E-state index in [-0.39, 0.29) is 12.1 Å². The van der Waals surface area contributed by atoms with Crippen LogP contribution in [0.5, 0.6) is 0 Å². The summed E-state index contributed by atoms with van der Waals surface area (Å²) in [5, 5.41) is 0. The van der Waals surface area contributed by atoms with E-state index in [0.717, 1.165) is 26.2 Å². The second-order valence-corrected chi connectivity index (χ2v) is 7.71. The summed E-state index contributed by atoms with van der Waals surface area (Å²) in [6.07, 6.45) is -0.185. The normalized spacial score (nSPS) is 19.9. The maximum absolute atomic E-state index is 12.5. The molecule has 1 saturated heterocycles. The Morgan fingerprint density at radius 3 is 2.43 bits per heavy atom. The molecule has 1 aliphatic heterocycles. The maximum atomic E-state index is 12.5. The largest absolute Gasteiger partial charge is 0.444 e. The Balaban J connectivity index is 2.01. The van der Waals surface area contributed by atoms with Crippen molar-refractivity contribution < 1.29 is 9.53 Å². The molecule has 4 nitrogen and oxygen atoms in total. The van der Waals surface area contributed by atoms with Crippen molar-refractivity contribution in [3.05, 3.63) is 35.9 Å². The van der Waals surface area contributed by atoms with E-state index in [1.807, 2.05) is 31.7 Å². The van der Waals surface area contributed by atoms with Crippen LogP contribution in [0.25, 0.3) is 0 Å². The van der Waals surface area contributed by atoms with Crippen molar-refractivity contribution in [2.24, 2.45) is 5.92 Å². The highest BCUT2D eigenvalue weighted by Gasteiger charge is 2.34. The summed E-state index contributed by atoms with van der Waals surface area (Å²) in [7, 11) is 0. The van der Waals surface area contributed by atoms with Gasteiger partial charge >= 0.3 is 6.09 Å². The smallest absolute Gasteiger partial charge is 0.410 e. The van der Waals surface area contributed by atoms with Crippen LogP contribution in [-0.2, 0) is 11.3 Å². The number of hydrogen-bond acceptors (Lipinski definition) is 3. The lowest BCUT2D eigenvalue weighted by atomic mass is 9.99. The van der Waals surface area contributed by atoms with Gasteiger partial charge in [0.2, 0.25) is 0 Å². The lowest BCUT2D eigenvalue weighted by Gasteiger charge is -2.43. The molecule has 1 aliphatic rings. The minimum Gasteiger partial charge on any atom is -0.444 e. The summed E-state index contributed by atoms with van der Waals surface area (Å²) < 4.78 is 5.58. The van der Waals surface area contributed by atoms with Crippen molar-refractivity contribution in [1.82, 2.24) is 9.80 Å². The Morgan fingerprint density at radius 2 is 1.87 bits per heavy atom. The van der Waals surface area contributed by atoms with E-state index in [9.17, 15) is 4.79 Å². The van der Waals surface area contributed by atoms with Gasteiger partial charge < -0.3 is 9.64 Å². The molecule has 0 aromatic heterocycles. The van der Waals surface area contributed by atoms with Gasteiger partial charge in [0.25, 0.3) is 0 Å². The highest BCUT2D eigenvalue weighted by molar-refractivity contribution is 5.68. The number of hydrogen-bond donors (Lipinski definition) is 0. The first kappa shape index (κ1) is 17.8. The SMILES string of the molecule is CC(C)C1CN(Cc2ccccc2)CCN1C(=O)OC(C)(C)C. The molecule has 1 fully saturated rings. The first-order chi connectivity index (χ1) is 10.8. The predicted molar refractivity (Wildman–Crippen MR) is 93.3 cm³/mol. The van der Waals surface area contributed by atoms with E-state index in [1.165, 1.54) is 5.56 Å². The first-order valence-electron chi connectivity index (χ1n) is 8.52. The number of ether oxygens (including phenoxy) is 1. The van der Waals surface area contributed by atoms with Crippen LogP contribution in [0.1, 0.15) is 40.2 Å². The Kier molecular flexibility index (Phi) is 5.69. The standard InChI is InChI=1S/C19H30N2O2/c1-15(2)17-14-20(13-16-9-7-6-8-10-16)11-12-21(17)18(22)23-19(3,4)5/h6-10,15,17H,11-14H2,1-5H3. The molecule has 4 heteroatoms. The van der Waals surface area contributed by atoms with Crippen LogP contribution in [0.2, 0.25) is 0 Å². The highest BCUT2D eigenvalue weighted by atomic mass is 16.6. The molecule has 0 N–H and O–H groups in total. The molecular weight excluding hydrogens is 288 g/mol. The third-order valence-corrected chi connectivity index (χ3v) is 4.15. The summed E-state index contributed by atoms with van der Waals surface area (Å²) in [5.74, 6) is 0.404. The van der Waals surface area contributed by atoms with Crippen LogP contribution in [0, 0.1) is 5.92 Å². The maximum Gasteiger partial charge on any atom is 0.410 e. The van der Waals surface area contributed by atoms with Crippen molar-refractivity contribution in [3.63, 3.8) is 0 Å². The molecule has 1 amide bonds. The Hall–Kier alpha value is -1.55. The predicted octanol–water partition coefficient (Wildman–Crippen LogP) is 3.76. The van der Waals surface area contributed by atoms with Gasteiger partial charge in [0.1, 0.15) is 5.60 Å². The Bertz CT molecular complexity index is 508. The molecule has 1 aromatic rings. The van der Waals surface area contributed by atoms with Crippen molar-refractivity contribution in [2.45, 2.75) is 52.8 Å². The number of rotatable bonds is 3. The lowest BCUT2D eigenvalue weighted by molar-refractivity contribution is -0.0106. The van der Waals surface area contributed by atoms with Crippen LogP contribution in [0.3, 0.4) is 0 Å². The van der Waals surface area contributed by atoms with Gasteiger partial charge in [0.05, 0.1) is 6.04 Å². The minimum atomic E-state index is -0.445. The fourth-order valence-electron chi connectivity index (χ4n) is 2.97. The van der Waals surface area contributed by atoms with E-state index in [4.69, 9.17) is 4.74 Å². The molecule has 1 unspecified atom stereocenters. The van der Waals surface area contributed by atoms with Gasteiger partial charge in [0, 0.05) is 26.2 Å². The molecule has 0 bridgehead atoms. The summed E-state index contributed by atoms with van der Waals surface area (Å²) in [6.45, 7) is 13.5. The number of carbonyl (C=O) groups is 1. The monoisotopic (exact) mass is 318 g/mol. The molecule has 0 saturated carbocycles. The number of piperazine rings is 1. The molecule has 0 radical (unpaired) electrons. The Labute approximate surface area is 140 Å². The van der Waals surface area contributed by atoms with Crippen LogP contribution < -0.4 is 0 Å². The van der Waals surface area contributed by atoms with E-state index in [0.29, 0.717) is 5.92 Å². The van der Waals surface area contributed by atoms with Gasteiger partial charge in [-0.25, -0.2) is 4.79 Å². The minimum absolute atomic E-state index is 0.185. The van der Waals surface area contributed by atoms with Crippen LogP contribution in [-0.4, -0.2) is 47.2 Å². The first-order valence-corrected chi connectivity index (χ1v) is 8.52. The molecule has 2 rings (SSSR count). The quantitative estimate of drug-likeness (QED) is 0.850. The molecule has 1 heterocycles. The fourth-order valence-corrected chi connectivity index (χ4v) is 2.97. The van der Waals surface area contributed by atoms with Crippen LogP contribution >= 0.6 is 0 Å². The van der Waals surface area contributed by atoms with Gasteiger partial charge in [-0.2, -0.15) is 0 Å². The summed E-state index contributed by atoms with van der Waals surface area (Å²) in [5.41, 5.74) is 0.875. The summed E-state index contributed by atoms with van der Waals surface area (Å²) in [6, 6.07) is 10.7. The number of benzene rings is 1. The lowest BCUT2D eigenvalue weighted by Crippen LogP contribution is -2.57. The third-order valence-electron chi connectivity index (χ3n) is 4.15. The molecule has 0 spiro atoms. The topological polar surface area (TPSA) is 32.8 Å². The second-order valence-electron chi connectivity index (χ2n) is 7.71. The molecule has 0 aliphatic carbocycles.